The molecule has 5 N–H and O–H groups in total. The summed E-state index contributed by atoms with van der Waals surface area (Å²) in [4.78, 5) is 5.91. The number of hydrogen-bond donors (Lipinski definition) is 4. The molecular weight excluding hydrogens is 668 g/mol. The largest absolute Gasteiger partial charge is 0.395 e. The number of aliphatic hydroxyl groups excluding tert-OH is 3. The van der Waals surface area contributed by atoms with Gasteiger partial charge in [0, 0.05) is 0 Å². The molecule has 0 radical (unpaired) electrons. The molecule has 51 heavy (non-hydrogen) atoms. The van der Waals surface area contributed by atoms with Crippen LogP contribution in [0, 0.1) is 0 Å². The second-order valence-corrected chi connectivity index (χ2v) is 16.0. The van der Waals surface area contributed by atoms with Gasteiger partial charge in [0.25, 0.3) is 0 Å². The van der Waals surface area contributed by atoms with Crippen LogP contribution in [-0.2, 0) is 42.6 Å². The highest BCUT2D eigenvalue weighted by Gasteiger charge is 2.44. The normalized spacial score (nSPS) is 32.6. The van der Waals surface area contributed by atoms with Gasteiger partial charge in [-0.25, -0.2) is 0 Å². The highest BCUT2D eigenvalue weighted by atomic mass is 16.8. The summed E-state index contributed by atoms with van der Waals surface area (Å²) in [7, 11) is 13.7. The SMILES string of the molecule is CC1(C)OCC2OC2CO1.CC1(C)OC[C@@H]([C@@H](N)CO)O1.CN(C)C.CN(C)[C@@H](CO)[C@@H]1COC(C)(C)O1.CN(C)[C@H]1COC(C)(C)OC[C@@H]1O. The van der Waals surface area contributed by atoms with Crippen molar-refractivity contribution >= 4 is 0 Å². The quantitative estimate of drug-likeness (QED) is 0.272. The molecule has 5 aliphatic heterocycles. The highest BCUT2D eigenvalue weighted by molar-refractivity contribution is 4.87. The lowest BCUT2D eigenvalue weighted by molar-refractivity contribution is -0.212. The number of hydrogen-bond acceptors (Lipinski definition) is 16. The van der Waals surface area contributed by atoms with Crippen LogP contribution in [0.15, 0.2) is 0 Å². The first-order valence-corrected chi connectivity index (χ1v) is 17.8. The lowest BCUT2D eigenvalue weighted by atomic mass is 10.1. The maximum absolute atomic E-state index is 9.70. The number of ether oxygens (including phenoxy) is 9. The zero-order valence-corrected chi connectivity index (χ0v) is 34.2. The third-order valence-electron chi connectivity index (χ3n) is 8.22. The number of likely N-dealkylation sites (N-methyl/N-ethyl adjacent to an activating group) is 2. The Morgan fingerprint density at radius 3 is 1.33 bits per heavy atom. The molecule has 16 heteroatoms. The number of rotatable bonds is 6. The van der Waals surface area contributed by atoms with Gasteiger partial charge in [-0.15, -0.1) is 0 Å². The van der Waals surface area contributed by atoms with E-state index in [1.807, 2.05) is 119 Å². The molecule has 0 amide bonds. The van der Waals surface area contributed by atoms with Gasteiger partial charge in [0.2, 0.25) is 0 Å². The van der Waals surface area contributed by atoms with Gasteiger partial charge >= 0.3 is 0 Å². The third kappa shape index (κ3) is 19.5. The Morgan fingerprint density at radius 2 is 0.980 bits per heavy atom. The van der Waals surface area contributed by atoms with Crippen LogP contribution in [0.25, 0.3) is 0 Å². The summed E-state index contributed by atoms with van der Waals surface area (Å²) in [5, 5.41) is 27.6. The number of nitrogens with two attached hydrogens (primary N) is 1. The Kier molecular flexibility index (Phi) is 20.3. The van der Waals surface area contributed by atoms with E-state index in [1.54, 1.807) is 0 Å². The Labute approximate surface area is 307 Å². The lowest BCUT2D eigenvalue weighted by Crippen LogP contribution is -2.43. The zero-order valence-electron chi connectivity index (χ0n) is 34.2. The maximum Gasteiger partial charge on any atom is 0.163 e. The second-order valence-electron chi connectivity index (χ2n) is 16.0. The van der Waals surface area contributed by atoms with E-state index < -0.39 is 29.3 Å². The smallest absolute Gasteiger partial charge is 0.163 e. The molecule has 16 nitrogen and oxygen atoms in total. The Bertz CT molecular complexity index is 933. The maximum atomic E-state index is 9.70. The fourth-order valence-corrected chi connectivity index (χ4v) is 4.97. The van der Waals surface area contributed by atoms with Gasteiger partial charge < -0.3 is 78.4 Å². The first-order valence-electron chi connectivity index (χ1n) is 17.8. The van der Waals surface area contributed by atoms with Crippen LogP contribution in [0.2, 0.25) is 0 Å². The molecule has 5 fully saturated rings. The Morgan fingerprint density at radius 1 is 0.588 bits per heavy atom. The third-order valence-corrected chi connectivity index (χ3v) is 8.22. The molecule has 0 aromatic heterocycles. The van der Waals surface area contributed by atoms with Crippen molar-refractivity contribution in [2.45, 2.75) is 127 Å². The number of fused-ring (bicyclic) bond motifs is 1. The molecule has 2 unspecified atom stereocenters. The van der Waals surface area contributed by atoms with Gasteiger partial charge in [0.1, 0.15) is 24.4 Å². The van der Waals surface area contributed by atoms with Crippen molar-refractivity contribution in [3.63, 3.8) is 0 Å². The molecule has 0 spiro atoms. The van der Waals surface area contributed by atoms with E-state index in [0.29, 0.717) is 51.8 Å². The summed E-state index contributed by atoms with van der Waals surface area (Å²) in [6.07, 6.45) is -0.0645. The van der Waals surface area contributed by atoms with Crippen molar-refractivity contribution in [2.75, 3.05) is 102 Å². The summed E-state index contributed by atoms with van der Waals surface area (Å²) >= 11 is 0. The van der Waals surface area contributed by atoms with Crippen molar-refractivity contribution in [2.24, 2.45) is 5.73 Å². The van der Waals surface area contributed by atoms with E-state index in [1.165, 1.54) is 0 Å². The van der Waals surface area contributed by atoms with Gasteiger partial charge in [-0.05, 0) is 105 Å². The predicted octanol–water partition coefficient (Wildman–Crippen LogP) is 0.293. The van der Waals surface area contributed by atoms with Crippen LogP contribution >= 0.6 is 0 Å². The molecule has 5 saturated heterocycles. The fraction of sp³-hybridized carbons (Fsp3) is 1.00. The highest BCUT2D eigenvalue weighted by Crippen LogP contribution is 2.30. The molecular formula is C35H74N4O12. The van der Waals surface area contributed by atoms with E-state index >= 15 is 0 Å². The van der Waals surface area contributed by atoms with Crippen LogP contribution in [-0.4, -0.2) is 204 Å². The van der Waals surface area contributed by atoms with Gasteiger partial charge in [-0.1, -0.05) is 0 Å². The zero-order chi connectivity index (χ0) is 39.4. The summed E-state index contributed by atoms with van der Waals surface area (Å²) in [6.45, 7) is 18.2. The number of nitrogens with zero attached hydrogens (tertiary/aromatic N) is 3. The minimum atomic E-state index is -0.578. The monoisotopic (exact) mass is 743 g/mol. The molecule has 5 heterocycles. The van der Waals surface area contributed by atoms with E-state index in [9.17, 15) is 5.11 Å². The molecule has 8 atom stereocenters. The van der Waals surface area contributed by atoms with Gasteiger partial charge in [-0.3, -0.25) is 0 Å². The minimum Gasteiger partial charge on any atom is -0.395 e. The average molecular weight is 743 g/mol. The van der Waals surface area contributed by atoms with Crippen LogP contribution in [0.1, 0.15) is 55.4 Å². The molecule has 0 bridgehead atoms. The first-order chi connectivity index (χ1) is 23.3. The van der Waals surface area contributed by atoms with Gasteiger partial charge in [-0.2, -0.15) is 0 Å². The van der Waals surface area contributed by atoms with Crippen LogP contribution in [0.5, 0.6) is 0 Å². The van der Waals surface area contributed by atoms with Gasteiger partial charge in [0.15, 0.2) is 23.1 Å². The molecule has 306 valence electrons. The van der Waals surface area contributed by atoms with Crippen LogP contribution < -0.4 is 5.73 Å². The molecule has 0 aliphatic carbocycles. The van der Waals surface area contributed by atoms with E-state index in [4.69, 9.17) is 58.6 Å². The van der Waals surface area contributed by atoms with Gasteiger partial charge in [0.05, 0.1) is 77.1 Å². The first kappa shape index (κ1) is 48.4. The average Bonchev–Trinajstić information content (AvgIpc) is 3.61. The predicted molar refractivity (Wildman–Crippen MR) is 193 cm³/mol. The Hall–Kier alpha value is -0.640. The van der Waals surface area contributed by atoms with Crippen molar-refractivity contribution in [3.8, 4) is 0 Å². The molecule has 0 aromatic carbocycles. The molecule has 0 saturated carbocycles. The van der Waals surface area contributed by atoms with E-state index in [-0.39, 0.29) is 43.5 Å². The summed E-state index contributed by atoms with van der Waals surface area (Å²) in [5.41, 5.74) is 5.54. The minimum absolute atomic E-state index is 0.0155. The van der Waals surface area contributed by atoms with E-state index in [2.05, 4.69) is 0 Å². The summed E-state index contributed by atoms with van der Waals surface area (Å²) in [6, 6.07) is -0.305. The fourth-order valence-electron chi connectivity index (χ4n) is 4.97. The van der Waals surface area contributed by atoms with Crippen molar-refractivity contribution in [3.05, 3.63) is 0 Å². The summed E-state index contributed by atoms with van der Waals surface area (Å²) in [5.74, 6) is -2.03. The molecule has 5 aliphatic rings. The number of epoxide rings is 1. The van der Waals surface area contributed by atoms with Crippen molar-refractivity contribution in [1.29, 1.82) is 0 Å². The molecule has 0 aromatic rings. The molecule has 5 rings (SSSR count). The second kappa shape index (κ2) is 21.5. The number of aliphatic hydroxyl groups is 3. The summed E-state index contributed by atoms with van der Waals surface area (Å²) < 4.78 is 48.6. The standard InChI is InChI=1S/2C9H19NO3.C7H15NO3.C7H12O3.C3H9N/c1-9(2)12-5-7(10(3)4)8(11)6-13-9;1-9(2)12-6-8(13-9)7(5-11)10(3)4;1-7(2)10-4-6(11-7)5(8)3-9;1-7(2)8-3-5-6(10-5)4-9-7;1-4(2)3/h2*7-8,11H,5-6H2,1-4H3;5-6,9H,3-4,8H2,1-2H3;5-6H,3-4H2,1-2H3;1-3H3/t2*7-,8-;5-,6-;;/m000../s1. The van der Waals surface area contributed by atoms with E-state index in [0.717, 1.165) is 0 Å². The van der Waals surface area contributed by atoms with Crippen LogP contribution in [0.4, 0.5) is 0 Å². The van der Waals surface area contributed by atoms with Crippen molar-refractivity contribution < 1.29 is 58.0 Å². The Balaban J connectivity index is 0.000000329. The van der Waals surface area contributed by atoms with Crippen LogP contribution in [0.3, 0.4) is 0 Å². The van der Waals surface area contributed by atoms with Crippen molar-refractivity contribution in [1.82, 2.24) is 14.7 Å². The topological polar surface area (TPSA) is 183 Å². The lowest BCUT2D eigenvalue weighted by Gasteiger charge is -2.27.